The van der Waals surface area contributed by atoms with Gasteiger partial charge in [0, 0.05) is 17.6 Å². The van der Waals surface area contributed by atoms with Gasteiger partial charge in [0.1, 0.15) is 0 Å². The number of likely N-dealkylation sites (N-methyl/N-ethyl adjacent to an activating group) is 1. The topological polar surface area (TPSA) is 21.3 Å². The number of ether oxygens (including phenoxy) is 1. The molecule has 1 aromatic carbocycles. The molecule has 0 saturated carbocycles. The molecule has 2 nitrogen and oxygen atoms in total. The normalized spacial score (nSPS) is 14.9. The molecular formula is C14H22BrNO. The molecular weight excluding hydrogens is 278 g/mol. The summed E-state index contributed by atoms with van der Waals surface area (Å²) in [6.07, 6.45) is 1.20. The summed E-state index contributed by atoms with van der Waals surface area (Å²) < 4.78 is 6.76. The highest BCUT2D eigenvalue weighted by Crippen LogP contribution is 2.20. The van der Waals surface area contributed by atoms with Gasteiger partial charge >= 0.3 is 0 Å². The van der Waals surface area contributed by atoms with Crippen molar-refractivity contribution in [3.8, 4) is 0 Å². The fraction of sp³-hybridized carbons (Fsp3) is 0.571. The second-order valence-electron chi connectivity index (χ2n) is 4.64. The summed E-state index contributed by atoms with van der Waals surface area (Å²) in [5.74, 6) is 0.500. The molecule has 0 aliphatic rings. The maximum Gasteiger partial charge on any atom is 0.0750 e. The van der Waals surface area contributed by atoms with Crippen molar-refractivity contribution in [3.05, 3.63) is 34.3 Å². The lowest BCUT2D eigenvalue weighted by Crippen LogP contribution is -2.43. The van der Waals surface area contributed by atoms with Crippen molar-refractivity contribution in [2.75, 3.05) is 14.2 Å². The predicted molar refractivity (Wildman–Crippen MR) is 76.3 cm³/mol. The molecule has 96 valence electrons. The fourth-order valence-electron chi connectivity index (χ4n) is 2.18. The van der Waals surface area contributed by atoms with Crippen molar-refractivity contribution in [1.82, 2.24) is 5.32 Å². The summed E-state index contributed by atoms with van der Waals surface area (Å²) in [7, 11) is 3.78. The van der Waals surface area contributed by atoms with Crippen molar-refractivity contribution in [2.45, 2.75) is 32.4 Å². The molecule has 0 amide bonds. The van der Waals surface area contributed by atoms with Crippen molar-refractivity contribution in [1.29, 1.82) is 0 Å². The number of benzene rings is 1. The van der Waals surface area contributed by atoms with Crippen LogP contribution in [0.3, 0.4) is 0 Å². The van der Waals surface area contributed by atoms with E-state index >= 15 is 0 Å². The van der Waals surface area contributed by atoms with Gasteiger partial charge in [-0.3, -0.25) is 0 Å². The van der Waals surface area contributed by atoms with Gasteiger partial charge in [-0.1, -0.05) is 48.0 Å². The number of hydrogen-bond donors (Lipinski definition) is 1. The van der Waals surface area contributed by atoms with Gasteiger partial charge in [0.2, 0.25) is 0 Å². The minimum Gasteiger partial charge on any atom is -0.380 e. The molecule has 2 atom stereocenters. The van der Waals surface area contributed by atoms with Gasteiger partial charge in [-0.25, -0.2) is 0 Å². The standard InChI is InChI=1S/C14H22BrNO/c1-10(2)14(17-4)13(16-3)9-11-7-5-6-8-12(11)15/h5-8,10,13-14,16H,9H2,1-4H3. The van der Waals surface area contributed by atoms with E-state index < -0.39 is 0 Å². The smallest absolute Gasteiger partial charge is 0.0750 e. The maximum atomic E-state index is 5.60. The molecule has 0 bridgehead atoms. The quantitative estimate of drug-likeness (QED) is 0.871. The van der Waals surface area contributed by atoms with Crippen LogP contribution in [0.15, 0.2) is 28.7 Å². The van der Waals surface area contributed by atoms with Gasteiger partial charge < -0.3 is 10.1 Å². The van der Waals surface area contributed by atoms with Crippen LogP contribution in [0.4, 0.5) is 0 Å². The molecule has 0 spiro atoms. The van der Waals surface area contributed by atoms with Crippen molar-refractivity contribution < 1.29 is 4.74 Å². The summed E-state index contributed by atoms with van der Waals surface area (Å²) in [5, 5.41) is 3.36. The van der Waals surface area contributed by atoms with Crippen LogP contribution in [-0.4, -0.2) is 26.3 Å². The lowest BCUT2D eigenvalue weighted by atomic mass is 9.94. The van der Waals surface area contributed by atoms with Crippen LogP contribution in [0.1, 0.15) is 19.4 Å². The monoisotopic (exact) mass is 299 g/mol. The Morgan fingerprint density at radius 2 is 1.94 bits per heavy atom. The molecule has 0 fully saturated rings. The highest BCUT2D eigenvalue weighted by Gasteiger charge is 2.23. The fourth-order valence-corrected chi connectivity index (χ4v) is 2.63. The molecule has 1 N–H and O–H groups in total. The lowest BCUT2D eigenvalue weighted by Gasteiger charge is -2.29. The highest BCUT2D eigenvalue weighted by atomic mass is 79.9. The number of halogens is 1. The molecule has 0 heterocycles. The van der Waals surface area contributed by atoms with E-state index in [1.807, 2.05) is 13.1 Å². The largest absolute Gasteiger partial charge is 0.380 e. The Hall–Kier alpha value is -0.380. The van der Waals surface area contributed by atoms with Crippen LogP contribution >= 0.6 is 15.9 Å². The third kappa shape index (κ3) is 4.09. The van der Waals surface area contributed by atoms with Gasteiger partial charge in [0.05, 0.1) is 6.10 Å². The Labute approximate surface area is 113 Å². The third-order valence-corrected chi connectivity index (χ3v) is 3.87. The molecule has 0 aromatic heterocycles. The molecule has 0 aliphatic carbocycles. The predicted octanol–water partition coefficient (Wildman–Crippen LogP) is 3.25. The summed E-state index contributed by atoms with van der Waals surface area (Å²) >= 11 is 3.59. The zero-order valence-electron chi connectivity index (χ0n) is 11.0. The first-order valence-electron chi connectivity index (χ1n) is 6.03. The van der Waals surface area contributed by atoms with E-state index in [4.69, 9.17) is 4.74 Å². The highest BCUT2D eigenvalue weighted by molar-refractivity contribution is 9.10. The zero-order chi connectivity index (χ0) is 12.8. The first-order valence-corrected chi connectivity index (χ1v) is 6.83. The van der Waals surface area contributed by atoms with Gasteiger partial charge in [0.15, 0.2) is 0 Å². The number of rotatable bonds is 6. The molecule has 3 heteroatoms. The first kappa shape index (κ1) is 14.7. The zero-order valence-corrected chi connectivity index (χ0v) is 12.6. The average molecular weight is 300 g/mol. The van der Waals surface area contributed by atoms with Crippen LogP contribution in [0.25, 0.3) is 0 Å². The Balaban J connectivity index is 2.79. The Bertz CT molecular complexity index is 341. The third-order valence-electron chi connectivity index (χ3n) is 3.09. The number of hydrogen-bond acceptors (Lipinski definition) is 2. The minimum atomic E-state index is 0.229. The van der Waals surface area contributed by atoms with Crippen LogP contribution in [0.5, 0.6) is 0 Å². The van der Waals surface area contributed by atoms with Crippen LogP contribution in [0, 0.1) is 5.92 Å². The second-order valence-corrected chi connectivity index (χ2v) is 5.49. The first-order chi connectivity index (χ1) is 8.10. The van der Waals surface area contributed by atoms with Crippen LogP contribution < -0.4 is 5.32 Å². The minimum absolute atomic E-state index is 0.229. The molecule has 0 aliphatic heterocycles. The van der Waals surface area contributed by atoms with Gasteiger partial charge in [-0.05, 0) is 31.0 Å². The van der Waals surface area contributed by atoms with Crippen molar-refractivity contribution in [3.63, 3.8) is 0 Å². The van der Waals surface area contributed by atoms with Gasteiger partial charge in [-0.2, -0.15) is 0 Å². The lowest BCUT2D eigenvalue weighted by molar-refractivity contribution is 0.0353. The van der Waals surface area contributed by atoms with Crippen molar-refractivity contribution >= 4 is 15.9 Å². The maximum absolute atomic E-state index is 5.60. The summed E-state index contributed by atoms with van der Waals surface area (Å²) in [6.45, 7) is 4.39. The summed E-state index contributed by atoms with van der Waals surface area (Å²) in [4.78, 5) is 0. The summed E-state index contributed by atoms with van der Waals surface area (Å²) in [5.41, 5.74) is 1.31. The molecule has 0 radical (unpaired) electrons. The van der Waals surface area contributed by atoms with E-state index in [0.717, 1.165) is 6.42 Å². The SMILES string of the molecule is CNC(Cc1ccccc1Br)C(OC)C(C)C. The van der Waals surface area contributed by atoms with Crippen molar-refractivity contribution in [2.24, 2.45) is 5.92 Å². The molecule has 17 heavy (non-hydrogen) atoms. The van der Waals surface area contributed by atoms with E-state index in [-0.39, 0.29) is 6.10 Å². The van der Waals surface area contributed by atoms with E-state index in [0.29, 0.717) is 12.0 Å². The Morgan fingerprint density at radius 3 is 2.41 bits per heavy atom. The van der Waals surface area contributed by atoms with E-state index in [2.05, 4.69) is 53.3 Å². The van der Waals surface area contributed by atoms with E-state index in [1.54, 1.807) is 7.11 Å². The van der Waals surface area contributed by atoms with E-state index in [1.165, 1.54) is 10.0 Å². The molecule has 0 saturated heterocycles. The van der Waals surface area contributed by atoms with E-state index in [9.17, 15) is 0 Å². The number of nitrogens with one attached hydrogen (secondary N) is 1. The second kappa shape index (κ2) is 7.14. The van der Waals surface area contributed by atoms with Crippen LogP contribution in [-0.2, 0) is 11.2 Å². The molecule has 2 unspecified atom stereocenters. The summed E-state index contributed by atoms with van der Waals surface area (Å²) in [6, 6.07) is 8.68. The molecule has 1 rings (SSSR count). The van der Waals surface area contributed by atoms with Gasteiger partial charge in [0.25, 0.3) is 0 Å². The van der Waals surface area contributed by atoms with Gasteiger partial charge in [-0.15, -0.1) is 0 Å². The molecule has 1 aromatic rings. The van der Waals surface area contributed by atoms with Crippen LogP contribution in [0.2, 0.25) is 0 Å². The Kier molecular flexibility index (Phi) is 6.17. The Morgan fingerprint density at radius 1 is 1.29 bits per heavy atom. The number of methoxy groups -OCH3 is 1. The average Bonchev–Trinajstić information content (AvgIpc) is 2.30.